The molecule has 0 aliphatic rings. The van der Waals surface area contributed by atoms with Crippen molar-refractivity contribution in [2.24, 2.45) is 0 Å². The summed E-state index contributed by atoms with van der Waals surface area (Å²) in [5.74, 6) is -0.193. The number of ether oxygens (including phenoxy) is 1. The minimum atomic E-state index is -0.264. The first-order valence-electron chi connectivity index (χ1n) is 6.15. The molecule has 0 amide bonds. The topological polar surface area (TPSA) is 38.3 Å². The largest absolute Gasteiger partial charge is 0.465 e. The van der Waals surface area contributed by atoms with Crippen molar-refractivity contribution in [1.29, 1.82) is 0 Å². The summed E-state index contributed by atoms with van der Waals surface area (Å²) >= 11 is 0. The van der Waals surface area contributed by atoms with Crippen molar-refractivity contribution in [3.05, 3.63) is 35.4 Å². The molecule has 17 heavy (non-hydrogen) atoms. The summed E-state index contributed by atoms with van der Waals surface area (Å²) in [5, 5.41) is 3.18. The molecule has 0 bridgehead atoms. The van der Waals surface area contributed by atoms with Crippen LogP contribution in [0.1, 0.15) is 31.9 Å². The predicted molar refractivity (Wildman–Crippen MR) is 68.8 cm³/mol. The van der Waals surface area contributed by atoms with Gasteiger partial charge in [0.2, 0.25) is 0 Å². The summed E-state index contributed by atoms with van der Waals surface area (Å²) in [4.78, 5) is 11.4. The van der Waals surface area contributed by atoms with Crippen molar-refractivity contribution < 1.29 is 9.53 Å². The van der Waals surface area contributed by atoms with Gasteiger partial charge in [-0.05, 0) is 31.4 Å². The van der Waals surface area contributed by atoms with E-state index in [2.05, 4.69) is 24.4 Å². The third-order valence-corrected chi connectivity index (χ3v) is 2.74. The molecule has 0 saturated carbocycles. The van der Waals surface area contributed by atoms with Gasteiger partial charge in [0.25, 0.3) is 0 Å². The van der Waals surface area contributed by atoms with Crippen molar-refractivity contribution in [1.82, 2.24) is 5.32 Å². The molecule has 0 heterocycles. The molecular weight excluding hydrogens is 214 g/mol. The first kappa shape index (κ1) is 13.7. The second kappa shape index (κ2) is 7.07. The molecule has 0 aromatic heterocycles. The van der Waals surface area contributed by atoms with Gasteiger partial charge in [0.1, 0.15) is 6.04 Å². The van der Waals surface area contributed by atoms with Gasteiger partial charge in [0.15, 0.2) is 0 Å². The van der Waals surface area contributed by atoms with Crippen LogP contribution >= 0.6 is 0 Å². The lowest BCUT2D eigenvalue weighted by Gasteiger charge is -2.14. The molecule has 0 aliphatic carbocycles. The van der Waals surface area contributed by atoms with Crippen molar-refractivity contribution in [2.45, 2.75) is 39.8 Å². The Morgan fingerprint density at radius 2 is 1.94 bits per heavy atom. The van der Waals surface area contributed by atoms with Crippen molar-refractivity contribution in [2.75, 3.05) is 6.61 Å². The minimum Gasteiger partial charge on any atom is -0.465 e. The summed E-state index contributed by atoms with van der Waals surface area (Å²) in [6, 6.07) is 8.00. The maximum Gasteiger partial charge on any atom is 0.322 e. The van der Waals surface area contributed by atoms with E-state index in [-0.39, 0.29) is 12.0 Å². The average Bonchev–Trinajstić information content (AvgIpc) is 2.36. The van der Waals surface area contributed by atoms with E-state index in [1.807, 2.05) is 26.0 Å². The third-order valence-electron chi connectivity index (χ3n) is 2.74. The lowest BCUT2D eigenvalue weighted by atomic mass is 10.1. The van der Waals surface area contributed by atoms with E-state index >= 15 is 0 Å². The van der Waals surface area contributed by atoms with Crippen LogP contribution in [0.2, 0.25) is 0 Å². The van der Waals surface area contributed by atoms with Gasteiger partial charge >= 0.3 is 5.97 Å². The van der Waals surface area contributed by atoms with Crippen molar-refractivity contribution in [3.63, 3.8) is 0 Å². The molecule has 0 spiro atoms. The number of carbonyl (C=O) groups excluding carboxylic acids is 1. The summed E-state index contributed by atoms with van der Waals surface area (Å²) in [7, 11) is 0. The zero-order chi connectivity index (χ0) is 12.7. The monoisotopic (exact) mass is 235 g/mol. The molecule has 1 unspecified atom stereocenters. The molecule has 0 saturated heterocycles. The van der Waals surface area contributed by atoms with Gasteiger partial charge in [0.05, 0.1) is 6.61 Å². The number of hydrogen-bond acceptors (Lipinski definition) is 3. The number of nitrogens with one attached hydrogen (secondary N) is 1. The van der Waals surface area contributed by atoms with E-state index < -0.39 is 0 Å². The number of rotatable bonds is 6. The number of benzene rings is 1. The first-order valence-corrected chi connectivity index (χ1v) is 6.15. The lowest BCUT2D eigenvalue weighted by molar-refractivity contribution is -0.145. The van der Waals surface area contributed by atoms with E-state index in [1.165, 1.54) is 11.1 Å². The Bertz CT molecular complexity index is 363. The van der Waals surface area contributed by atoms with E-state index in [9.17, 15) is 4.79 Å². The van der Waals surface area contributed by atoms with E-state index in [1.54, 1.807) is 0 Å². The number of aryl methyl sites for hydroxylation is 1. The molecule has 0 aliphatic heterocycles. The molecule has 0 fully saturated rings. The molecule has 1 aromatic carbocycles. The Labute approximate surface area is 103 Å². The smallest absolute Gasteiger partial charge is 0.322 e. The predicted octanol–water partition coefficient (Wildman–Crippen LogP) is 2.29. The van der Waals surface area contributed by atoms with Crippen LogP contribution in [0, 0.1) is 0 Å². The maximum atomic E-state index is 11.4. The molecule has 3 nitrogen and oxygen atoms in total. The van der Waals surface area contributed by atoms with Gasteiger partial charge in [-0.15, -0.1) is 0 Å². The van der Waals surface area contributed by atoms with Crippen molar-refractivity contribution in [3.8, 4) is 0 Å². The molecule has 0 radical (unpaired) electrons. The Morgan fingerprint density at radius 3 is 2.53 bits per heavy atom. The molecule has 94 valence electrons. The van der Waals surface area contributed by atoms with Crippen LogP contribution in [0.3, 0.4) is 0 Å². The van der Waals surface area contributed by atoms with Crippen LogP contribution in [0.15, 0.2) is 24.3 Å². The highest BCUT2D eigenvalue weighted by atomic mass is 16.5. The van der Waals surface area contributed by atoms with Gasteiger partial charge in [-0.1, -0.05) is 31.2 Å². The Kier molecular flexibility index (Phi) is 5.70. The average molecular weight is 235 g/mol. The Hall–Kier alpha value is -1.35. The fraction of sp³-hybridized carbons (Fsp3) is 0.500. The second-order valence-electron chi connectivity index (χ2n) is 3.98. The number of esters is 1. The molecule has 1 rings (SSSR count). The highest BCUT2D eigenvalue weighted by Gasteiger charge is 2.13. The highest BCUT2D eigenvalue weighted by molar-refractivity contribution is 5.75. The van der Waals surface area contributed by atoms with Gasteiger partial charge in [-0.3, -0.25) is 4.79 Å². The molecule has 3 heteroatoms. The van der Waals surface area contributed by atoms with Crippen LogP contribution in [0.25, 0.3) is 0 Å². The van der Waals surface area contributed by atoms with E-state index in [0.717, 1.165) is 6.42 Å². The second-order valence-corrected chi connectivity index (χ2v) is 3.98. The number of hydrogen-bond donors (Lipinski definition) is 1. The zero-order valence-corrected chi connectivity index (χ0v) is 10.8. The molecule has 1 atom stereocenters. The first-order chi connectivity index (χ1) is 8.19. The van der Waals surface area contributed by atoms with Crippen LogP contribution < -0.4 is 5.32 Å². The molecule has 1 N–H and O–H groups in total. The SMILES string of the molecule is CCOC(=O)C(C)NCc1ccccc1CC. The summed E-state index contributed by atoms with van der Waals surface area (Å²) < 4.78 is 4.95. The summed E-state index contributed by atoms with van der Waals surface area (Å²) in [5.41, 5.74) is 2.56. The van der Waals surface area contributed by atoms with Gasteiger partial charge in [-0.25, -0.2) is 0 Å². The lowest BCUT2D eigenvalue weighted by Crippen LogP contribution is -2.35. The normalized spacial score (nSPS) is 12.2. The summed E-state index contributed by atoms with van der Waals surface area (Å²) in [6.45, 7) is 6.90. The minimum absolute atomic E-state index is 0.193. The van der Waals surface area contributed by atoms with Crippen LogP contribution in [-0.4, -0.2) is 18.6 Å². The van der Waals surface area contributed by atoms with Gasteiger partial charge < -0.3 is 10.1 Å². The standard InChI is InChI=1S/C14H21NO2/c1-4-12-8-6-7-9-13(12)10-15-11(3)14(16)17-5-2/h6-9,11,15H,4-5,10H2,1-3H3. The molecule has 1 aromatic rings. The van der Waals surface area contributed by atoms with Gasteiger partial charge in [-0.2, -0.15) is 0 Å². The highest BCUT2D eigenvalue weighted by Crippen LogP contribution is 2.09. The van der Waals surface area contributed by atoms with Crippen LogP contribution in [-0.2, 0) is 22.5 Å². The fourth-order valence-electron chi connectivity index (χ4n) is 1.69. The van der Waals surface area contributed by atoms with Crippen molar-refractivity contribution >= 4 is 5.97 Å². The third kappa shape index (κ3) is 4.19. The fourth-order valence-corrected chi connectivity index (χ4v) is 1.69. The molecular formula is C14H21NO2. The Balaban J connectivity index is 2.52. The van der Waals surface area contributed by atoms with E-state index in [4.69, 9.17) is 4.74 Å². The Morgan fingerprint density at radius 1 is 1.29 bits per heavy atom. The van der Waals surface area contributed by atoms with Crippen LogP contribution in [0.4, 0.5) is 0 Å². The summed E-state index contributed by atoms with van der Waals surface area (Å²) in [6.07, 6.45) is 1.01. The van der Waals surface area contributed by atoms with Gasteiger partial charge in [0, 0.05) is 6.54 Å². The zero-order valence-electron chi connectivity index (χ0n) is 10.8. The van der Waals surface area contributed by atoms with E-state index in [0.29, 0.717) is 13.2 Å². The number of carbonyl (C=O) groups is 1. The van der Waals surface area contributed by atoms with Crippen LogP contribution in [0.5, 0.6) is 0 Å². The quantitative estimate of drug-likeness (QED) is 0.769. The maximum absolute atomic E-state index is 11.4.